The predicted molar refractivity (Wildman–Crippen MR) is 83.9 cm³/mol. The monoisotopic (exact) mass is 309 g/mol. The zero-order valence-electron chi connectivity index (χ0n) is 11.4. The molecule has 1 amide bonds. The lowest BCUT2D eigenvalue weighted by Crippen LogP contribution is -2.26. The van der Waals surface area contributed by atoms with Gasteiger partial charge in [0.25, 0.3) is 5.91 Å². The Bertz CT molecular complexity index is 612. The Morgan fingerprint density at radius 1 is 1.45 bits per heavy atom. The van der Waals surface area contributed by atoms with Crippen LogP contribution in [0.3, 0.4) is 0 Å². The molecule has 20 heavy (non-hydrogen) atoms. The number of thiophene rings is 1. The topological polar surface area (TPSA) is 54.0 Å². The van der Waals surface area contributed by atoms with Crippen LogP contribution in [0.4, 0.5) is 5.69 Å². The van der Waals surface area contributed by atoms with E-state index in [1.807, 2.05) is 25.1 Å². The van der Waals surface area contributed by atoms with Crippen LogP contribution in [0, 0.1) is 6.92 Å². The van der Waals surface area contributed by atoms with E-state index in [1.165, 1.54) is 11.3 Å². The van der Waals surface area contributed by atoms with Gasteiger partial charge in [0.05, 0.1) is 15.6 Å². The van der Waals surface area contributed by atoms with Gasteiger partial charge >= 0.3 is 0 Å². The molecule has 0 unspecified atom stereocenters. The van der Waals surface area contributed by atoms with Crippen molar-refractivity contribution in [3.05, 3.63) is 44.9 Å². The molecular weight excluding hydrogens is 294 g/mol. The molecule has 0 fully saturated rings. The number of hydrogen-bond acceptors (Lipinski definition) is 4. The van der Waals surface area contributed by atoms with E-state index in [2.05, 4.69) is 15.6 Å². The average molecular weight is 310 g/mol. The zero-order chi connectivity index (χ0) is 14.5. The number of aryl methyl sites for hydroxylation is 1. The molecule has 0 radical (unpaired) electrons. The van der Waals surface area contributed by atoms with Crippen molar-refractivity contribution in [3.8, 4) is 0 Å². The highest BCUT2D eigenvalue weighted by atomic mass is 35.5. The first-order valence-electron chi connectivity index (χ1n) is 6.27. The van der Waals surface area contributed by atoms with Gasteiger partial charge in [-0.05, 0) is 31.5 Å². The first kappa shape index (κ1) is 14.8. The highest BCUT2D eigenvalue weighted by Gasteiger charge is 2.11. The average Bonchev–Trinajstić information content (AvgIpc) is 2.84. The number of nitrogens with zero attached hydrogens (tertiary/aromatic N) is 1. The molecule has 2 aromatic heterocycles. The molecule has 6 heteroatoms. The molecule has 0 aliphatic carbocycles. The molecule has 106 valence electrons. The van der Waals surface area contributed by atoms with Crippen LogP contribution in [-0.2, 0) is 6.42 Å². The van der Waals surface area contributed by atoms with Crippen molar-refractivity contribution < 1.29 is 4.79 Å². The van der Waals surface area contributed by atoms with Crippen LogP contribution in [-0.4, -0.2) is 24.5 Å². The minimum atomic E-state index is -0.121. The predicted octanol–water partition coefficient (Wildman–Crippen LogP) is 3.12. The van der Waals surface area contributed by atoms with Gasteiger partial charge in [0.1, 0.15) is 0 Å². The molecule has 2 heterocycles. The Kier molecular flexibility index (Phi) is 4.98. The molecule has 4 nitrogen and oxygen atoms in total. The smallest absolute Gasteiger partial charge is 0.254 e. The van der Waals surface area contributed by atoms with Crippen LogP contribution in [0.1, 0.15) is 20.9 Å². The van der Waals surface area contributed by atoms with Crippen LogP contribution >= 0.6 is 22.9 Å². The minimum Gasteiger partial charge on any atom is -0.387 e. The summed E-state index contributed by atoms with van der Waals surface area (Å²) in [7, 11) is 1.79. The minimum absolute atomic E-state index is 0.121. The summed E-state index contributed by atoms with van der Waals surface area (Å²) in [4.78, 5) is 17.4. The number of carbonyl (C=O) groups is 1. The number of hydrogen-bond donors (Lipinski definition) is 2. The van der Waals surface area contributed by atoms with Crippen LogP contribution < -0.4 is 10.6 Å². The molecule has 0 spiro atoms. The summed E-state index contributed by atoms with van der Waals surface area (Å²) in [6.45, 7) is 2.47. The van der Waals surface area contributed by atoms with E-state index in [-0.39, 0.29) is 5.91 Å². The number of anilines is 1. The number of rotatable bonds is 5. The van der Waals surface area contributed by atoms with Gasteiger partial charge in [-0.15, -0.1) is 11.3 Å². The highest BCUT2D eigenvalue weighted by Crippen LogP contribution is 2.21. The number of pyridine rings is 1. The standard InChI is InChI=1S/C14H16ClN3OS/c1-9-7-12(16-2)11(8-18-9)14(19)17-6-5-10-3-4-13(15)20-10/h3-4,7-8H,5-6H2,1-2H3,(H,16,18)(H,17,19). The molecule has 0 atom stereocenters. The fourth-order valence-electron chi connectivity index (χ4n) is 1.83. The van der Waals surface area contributed by atoms with Gasteiger partial charge in [0, 0.05) is 30.4 Å². The third-order valence-electron chi connectivity index (χ3n) is 2.84. The normalized spacial score (nSPS) is 10.3. The second kappa shape index (κ2) is 6.72. The lowest BCUT2D eigenvalue weighted by Gasteiger charge is -2.09. The lowest BCUT2D eigenvalue weighted by molar-refractivity contribution is 0.0954. The van der Waals surface area contributed by atoms with Gasteiger partial charge in [-0.25, -0.2) is 0 Å². The van der Waals surface area contributed by atoms with Crippen molar-refractivity contribution in [2.45, 2.75) is 13.3 Å². The van der Waals surface area contributed by atoms with Crippen LogP contribution in [0.5, 0.6) is 0 Å². The van der Waals surface area contributed by atoms with Crippen LogP contribution in [0.2, 0.25) is 4.34 Å². The van der Waals surface area contributed by atoms with Gasteiger partial charge in [-0.3, -0.25) is 9.78 Å². The molecule has 0 saturated carbocycles. The molecule has 0 aliphatic rings. The van der Waals surface area contributed by atoms with E-state index in [0.717, 1.165) is 27.0 Å². The van der Waals surface area contributed by atoms with Gasteiger partial charge in [0.2, 0.25) is 0 Å². The summed E-state index contributed by atoms with van der Waals surface area (Å²) < 4.78 is 0.770. The van der Waals surface area contributed by atoms with Gasteiger partial charge in [-0.2, -0.15) is 0 Å². The molecular formula is C14H16ClN3OS. The van der Waals surface area contributed by atoms with Crippen molar-refractivity contribution in [3.63, 3.8) is 0 Å². The fraction of sp³-hybridized carbons (Fsp3) is 0.286. The molecule has 0 saturated heterocycles. The summed E-state index contributed by atoms with van der Waals surface area (Å²) in [5.41, 5.74) is 2.22. The second-order valence-corrected chi connectivity index (χ2v) is 6.13. The maximum atomic E-state index is 12.1. The van der Waals surface area contributed by atoms with Crippen LogP contribution in [0.15, 0.2) is 24.4 Å². The molecule has 0 aliphatic heterocycles. The summed E-state index contributed by atoms with van der Waals surface area (Å²) in [6, 6.07) is 5.70. The number of carbonyl (C=O) groups excluding carboxylic acids is 1. The Labute approximate surface area is 127 Å². The number of halogens is 1. The lowest BCUT2D eigenvalue weighted by atomic mass is 10.2. The molecule has 2 rings (SSSR count). The third-order valence-corrected chi connectivity index (χ3v) is 4.13. The van der Waals surface area contributed by atoms with Gasteiger partial charge < -0.3 is 10.6 Å². The van der Waals surface area contributed by atoms with E-state index >= 15 is 0 Å². The van der Waals surface area contributed by atoms with E-state index in [9.17, 15) is 4.79 Å². The maximum Gasteiger partial charge on any atom is 0.254 e. The van der Waals surface area contributed by atoms with Crippen LogP contribution in [0.25, 0.3) is 0 Å². The Balaban J connectivity index is 1.95. The van der Waals surface area contributed by atoms with Crippen molar-refractivity contribution in [1.82, 2.24) is 10.3 Å². The first-order valence-corrected chi connectivity index (χ1v) is 7.46. The molecule has 2 aromatic rings. The second-order valence-electron chi connectivity index (χ2n) is 4.33. The Hall–Kier alpha value is -1.59. The Morgan fingerprint density at radius 2 is 2.25 bits per heavy atom. The number of nitrogens with one attached hydrogen (secondary N) is 2. The van der Waals surface area contributed by atoms with E-state index < -0.39 is 0 Å². The van der Waals surface area contributed by atoms with Crippen molar-refractivity contribution >= 4 is 34.5 Å². The van der Waals surface area contributed by atoms with Crippen molar-refractivity contribution in [1.29, 1.82) is 0 Å². The Morgan fingerprint density at radius 3 is 2.90 bits per heavy atom. The van der Waals surface area contributed by atoms with E-state index in [4.69, 9.17) is 11.6 Å². The largest absolute Gasteiger partial charge is 0.387 e. The van der Waals surface area contributed by atoms with Gasteiger partial charge in [-0.1, -0.05) is 11.6 Å². The van der Waals surface area contributed by atoms with E-state index in [0.29, 0.717) is 12.1 Å². The molecule has 0 aromatic carbocycles. The van der Waals surface area contributed by atoms with Crippen molar-refractivity contribution in [2.24, 2.45) is 0 Å². The molecule has 0 bridgehead atoms. The SMILES string of the molecule is CNc1cc(C)ncc1C(=O)NCCc1ccc(Cl)s1. The first-order chi connectivity index (χ1) is 9.60. The zero-order valence-corrected chi connectivity index (χ0v) is 12.9. The summed E-state index contributed by atoms with van der Waals surface area (Å²) in [5.74, 6) is -0.121. The maximum absolute atomic E-state index is 12.1. The number of aromatic nitrogens is 1. The van der Waals surface area contributed by atoms with E-state index in [1.54, 1.807) is 13.2 Å². The van der Waals surface area contributed by atoms with Gasteiger partial charge in [0.15, 0.2) is 0 Å². The third kappa shape index (κ3) is 3.71. The summed E-state index contributed by atoms with van der Waals surface area (Å²) in [5, 5.41) is 5.91. The number of amides is 1. The highest BCUT2D eigenvalue weighted by molar-refractivity contribution is 7.16. The molecule has 2 N–H and O–H groups in total. The fourth-order valence-corrected chi connectivity index (χ4v) is 2.92. The summed E-state index contributed by atoms with van der Waals surface area (Å²) in [6.07, 6.45) is 2.37. The summed E-state index contributed by atoms with van der Waals surface area (Å²) >= 11 is 7.40. The quantitative estimate of drug-likeness (QED) is 0.892. The van der Waals surface area contributed by atoms with Crippen molar-refractivity contribution in [2.75, 3.05) is 18.9 Å².